The van der Waals surface area contributed by atoms with E-state index in [0.717, 1.165) is 10.5 Å². The summed E-state index contributed by atoms with van der Waals surface area (Å²) < 4.78 is 11.4. The lowest BCUT2D eigenvalue weighted by molar-refractivity contribution is -0.159. The van der Waals surface area contributed by atoms with Crippen molar-refractivity contribution in [3.63, 3.8) is 0 Å². The zero-order valence-electron chi connectivity index (χ0n) is 18.9. The lowest BCUT2D eigenvalue weighted by Crippen LogP contribution is -2.48. The largest absolute Gasteiger partial charge is 0.488 e. The summed E-state index contributed by atoms with van der Waals surface area (Å²) in [5.41, 5.74) is 0.303. The molecule has 0 aliphatic carbocycles. The van der Waals surface area contributed by atoms with Crippen molar-refractivity contribution in [3.8, 4) is 5.75 Å². The third-order valence-corrected chi connectivity index (χ3v) is 4.59. The number of amides is 2. The minimum absolute atomic E-state index is 0.149. The van der Waals surface area contributed by atoms with Gasteiger partial charge >= 0.3 is 5.97 Å². The van der Waals surface area contributed by atoms with Crippen LogP contribution in [0.1, 0.15) is 67.8 Å². The number of hydrogen-bond donors (Lipinski definition) is 0. The standard InChI is InChI=1S/C25H29NO5/c1-24(2,3)30-17-13-11-16(12-14-17)15-20(23(29)31-25(4,5)6)26-21(27)18-9-7-8-10-19(18)22(26)28/h7-14,20H,15H2,1-6H3/t20-/m0/s1. The van der Waals surface area contributed by atoms with Gasteiger partial charge in [0.05, 0.1) is 11.1 Å². The van der Waals surface area contributed by atoms with E-state index in [0.29, 0.717) is 16.9 Å². The molecule has 31 heavy (non-hydrogen) atoms. The van der Waals surface area contributed by atoms with Crippen LogP contribution >= 0.6 is 0 Å². The molecule has 0 saturated heterocycles. The van der Waals surface area contributed by atoms with Gasteiger partial charge in [0.1, 0.15) is 23.0 Å². The Balaban J connectivity index is 1.90. The quantitative estimate of drug-likeness (QED) is 0.526. The van der Waals surface area contributed by atoms with E-state index in [1.165, 1.54) is 0 Å². The third-order valence-electron chi connectivity index (χ3n) is 4.59. The molecule has 1 heterocycles. The van der Waals surface area contributed by atoms with Gasteiger partial charge in [-0.1, -0.05) is 24.3 Å². The van der Waals surface area contributed by atoms with Gasteiger partial charge in [-0.2, -0.15) is 0 Å². The second-order valence-corrected chi connectivity index (χ2v) is 9.64. The lowest BCUT2D eigenvalue weighted by Gasteiger charge is -2.29. The average molecular weight is 424 g/mol. The van der Waals surface area contributed by atoms with E-state index in [4.69, 9.17) is 9.47 Å². The zero-order chi connectivity index (χ0) is 23.0. The number of benzene rings is 2. The van der Waals surface area contributed by atoms with E-state index >= 15 is 0 Å². The van der Waals surface area contributed by atoms with Crippen LogP contribution < -0.4 is 4.74 Å². The Morgan fingerprint density at radius 3 is 1.81 bits per heavy atom. The highest BCUT2D eigenvalue weighted by molar-refractivity contribution is 6.22. The second kappa shape index (κ2) is 8.17. The summed E-state index contributed by atoms with van der Waals surface area (Å²) in [5, 5.41) is 0. The predicted molar refractivity (Wildman–Crippen MR) is 117 cm³/mol. The molecule has 1 aliphatic heterocycles. The predicted octanol–water partition coefficient (Wildman–Crippen LogP) is 4.41. The fourth-order valence-electron chi connectivity index (χ4n) is 3.41. The zero-order valence-corrected chi connectivity index (χ0v) is 18.9. The van der Waals surface area contributed by atoms with Gasteiger partial charge < -0.3 is 9.47 Å². The summed E-state index contributed by atoms with van der Waals surface area (Å²) in [7, 11) is 0. The normalized spacial score (nSPS) is 15.0. The molecule has 6 nitrogen and oxygen atoms in total. The second-order valence-electron chi connectivity index (χ2n) is 9.64. The van der Waals surface area contributed by atoms with Crippen molar-refractivity contribution in [3.05, 3.63) is 65.2 Å². The maximum atomic E-state index is 13.1. The molecule has 0 radical (unpaired) electrons. The Kier molecular flexibility index (Phi) is 5.94. The molecule has 2 aromatic carbocycles. The van der Waals surface area contributed by atoms with Crippen LogP contribution in [0, 0.1) is 0 Å². The molecule has 0 unspecified atom stereocenters. The van der Waals surface area contributed by atoms with Gasteiger partial charge in [-0.3, -0.25) is 14.5 Å². The summed E-state index contributed by atoms with van der Waals surface area (Å²) in [6.07, 6.45) is 0.149. The van der Waals surface area contributed by atoms with Crippen LogP contribution in [0.25, 0.3) is 0 Å². The number of hydrogen-bond acceptors (Lipinski definition) is 5. The highest BCUT2D eigenvalue weighted by Gasteiger charge is 2.44. The first kappa shape index (κ1) is 22.5. The van der Waals surface area contributed by atoms with Crippen molar-refractivity contribution in [2.45, 2.75) is 65.2 Å². The molecule has 2 aromatic rings. The topological polar surface area (TPSA) is 72.9 Å². The molecule has 3 rings (SSSR count). The fourth-order valence-corrected chi connectivity index (χ4v) is 3.41. The van der Waals surface area contributed by atoms with Crippen molar-refractivity contribution in [1.82, 2.24) is 4.90 Å². The minimum atomic E-state index is -1.07. The first-order chi connectivity index (χ1) is 14.4. The molecule has 0 bridgehead atoms. The van der Waals surface area contributed by atoms with Gasteiger partial charge in [0.25, 0.3) is 11.8 Å². The number of esters is 1. The smallest absolute Gasteiger partial charge is 0.330 e. The first-order valence-corrected chi connectivity index (χ1v) is 10.3. The van der Waals surface area contributed by atoms with Crippen LogP contribution in [0.2, 0.25) is 0 Å². The number of rotatable bonds is 5. The Labute approximate surface area is 183 Å². The van der Waals surface area contributed by atoms with Gasteiger partial charge in [-0.05, 0) is 71.4 Å². The number of carbonyl (C=O) groups is 3. The van der Waals surface area contributed by atoms with E-state index in [9.17, 15) is 14.4 Å². The highest BCUT2D eigenvalue weighted by Crippen LogP contribution is 2.28. The Bertz CT molecular complexity index is 961. The molecule has 2 amide bonds. The lowest BCUT2D eigenvalue weighted by atomic mass is 10.0. The van der Waals surface area contributed by atoms with E-state index in [2.05, 4.69) is 0 Å². The van der Waals surface area contributed by atoms with Crippen molar-refractivity contribution < 1.29 is 23.9 Å². The molecule has 1 aliphatic rings. The summed E-state index contributed by atoms with van der Waals surface area (Å²) >= 11 is 0. The first-order valence-electron chi connectivity index (χ1n) is 10.3. The molecule has 6 heteroatoms. The van der Waals surface area contributed by atoms with Crippen molar-refractivity contribution >= 4 is 17.8 Å². The highest BCUT2D eigenvalue weighted by atomic mass is 16.6. The number of imide groups is 1. The Hall–Kier alpha value is -3.15. The average Bonchev–Trinajstić information content (AvgIpc) is 2.90. The molecule has 0 spiro atoms. The van der Waals surface area contributed by atoms with Crippen molar-refractivity contribution in [2.75, 3.05) is 0 Å². The van der Waals surface area contributed by atoms with Gasteiger partial charge in [0, 0.05) is 6.42 Å². The van der Waals surface area contributed by atoms with Gasteiger partial charge in [-0.15, -0.1) is 0 Å². The van der Waals surface area contributed by atoms with Crippen molar-refractivity contribution in [2.24, 2.45) is 0 Å². The van der Waals surface area contributed by atoms with Crippen LogP contribution in [-0.4, -0.2) is 39.9 Å². The number of ether oxygens (including phenoxy) is 2. The maximum Gasteiger partial charge on any atom is 0.330 e. The molecule has 0 fully saturated rings. The molecular weight excluding hydrogens is 394 g/mol. The van der Waals surface area contributed by atoms with Gasteiger partial charge in [0.2, 0.25) is 0 Å². The van der Waals surface area contributed by atoms with Crippen LogP contribution in [0.5, 0.6) is 5.75 Å². The van der Waals surface area contributed by atoms with Gasteiger partial charge in [0.15, 0.2) is 0 Å². The van der Waals surface area contributed by atoms with Crippen LogP contribution in [-0.2, 0) is 16.0 Å². The molecule has 0 saturated carbocycles. The Morgan fingerprint density at radius 2 is 1.35 bits per heavy atom. The Morgan fingerprint density at radius 1 is 0.839 bits per heavy atom. The van der Waals surface area contributed by atoms with E-state index in [1.807, 2.05) is 45.0 Å². The monoisotopic (exact) mass is 423 g/mol. The van der Waals surface area contributed by atoms with E-state index in [-0.39, 0.29) is 12.0 Å². The summed E-state index contributed by atoms with van der Waals surface area (Å²) in [6, 6.07) is 12.8. The molecular formula is C25H29NO5. The number of nitrogens with zero attached hydrogens (tertiary/aromatic N) is 1. The number of carbonyl (C=O) groups excluding carboxylic acids is 3. The maximum absolute atomic E-state index is 13.1. The molecule has 0 aromatic heterocycles. The fraction of sp³-hybridized carbons (Fsp3) is 0.400. The van der Waals surface area contributed by atoms with Crippen LogP contribution in [0.3, 0.4) is 0 Å². The van der Waals surface area contributed by atoms with Crippen LogP contribution in [0.15, 0.2) is 48.5 Å². The van der Waals surface area contributed by atoms with Crippen molar-refractivity contribution in [1.29, 1.82) is 0 Å². The van der Waals surface area contributed by atoms with Crippen LogP contribution in [0.4, 0.5) is 0 Å². The van der Waals surface area contributed by atoms with E-state index < -0.39 is 29.4 Å². The molecule has 1 atom stereocenters. The summed E-state index contributed by atoms with van der Waals surface area (Å²) in [5.74, 6) is -0.879. The molecule has 164 valence electrons. The minimum Gasteiger partial charge on any atom is -0.488 e. The summed E-state index contributed by atoms with van der Waals surface area (Å²) in [4.78, 5) is 40.1. The third kappa shape index (κ3) is 5.32. The summed E-state index contributed by atoms with van der Waals surface area (Å²) in [6.45, 7) is 11.1. The van der Waals surface area contributed by atoms with Gasteiger partial charge in [-0.25, -0.2) is 4.79 Å². The SMILES string of the molecule is CC(C)(C)OC(=O)[C@H](Cc1ccc(OC(C)(C)C)cc1)N1C(=O)c2ccccc2C1=O. The number of fused-ring (bicyclic) bond motifs is 1. The molecule has 0 N–H and O–H groups in total. The van der Waals surface area contributed by atoms with E-state index in [1.54, 1.807) is 45.0 Å².